The molecule has 2 heterocycles. The van der Waals surface area contributed by atoms with E-state index in [1.807, 2.05) is 11.5 Å². The molecule has 140 valence electrons. The van der Waals surface area contributed by atoms with Gasteiger partial charge in [-0.2, -0.15) is 0 Å². The summed E-state index contributed by atoms with van der Waals surface area (Å²) in [5.41, 5.74) is 0.705. The number of anilines is 1. The monoisotopic (exact) mass is 440 g/mol. The van der Waals surface area contributed by atoms with Gasteiger partial charge in [-0.1, -0.05) is 52.4 Å². The highest BCUT2D eigenvalue weighted by Gasteiger charge is 2.17. The van der Waals surface area contributed by atoms with Crippen molar-refractivity contribution in [2.24, 2.45) is 0 Å². The third-order valence-electron chi connectivity index (χ3n) is 3.31. The summed E-state index contributed by atoms with van der Waals surface area (Å²) in [4.78, 5) is 12.1. The molecule has 1 amide bonds. The second-order valence-corrected chi connectivity index (χ2v) is 8.26. The number of allylic oxidation sites excluding steroid dienone is 1. The number of halogens is 2. The Kier molecular flexibility index (Phi) is 6.48. The maximum absolute atomic E-state index is 12.1. The van der Waals surface area contributed by atoms with Crippen LogP contribution in [0.4, 0.5) is 5.13 Å². The van der Waals surface area contributed by atoms with Gasteiger partial charge in [0.25, 0.3) is 0 Å². The summed E-state index contributed by atoms with van der Waals surface area (Å²) in [6.45, 7) is 6.06. The summed E-state index contributed by atoms with van der Waals surface area (Å²) in [5.74, 6) is 0.539. The van der Waals surface area contributed by atoms with Gasteiger partial charge < -0.3 is 0 Å². The van der Waals surface area contributed by atoms with Crippen LogP contribution in [0.1, 0.15) is 5.01 Å². The fourth-order valence-electron chi connectivity index (χ4n) is 2.19. The Labute approximate surface area is 173 Å². The topological polar surface area (TPSA) is 85.6 Å². The Morgan fingerprint density at radius 2 is 2.15 bits per heavy atom. The number of aromatic nitrogens is 5. The van der Waals surface area contributed by atoms with Crippen molar-refractivity contribution in [2.75, 3.05) is 11.1 Å². The van der Waals surface area contributed by atoms with E-state index in [1.54, 1.807) is 24.3 Å². The van der Waals surface area contributed by atoms with E-state index in [2.05, 4.69) is 32.3 Å². The van der Waals surface area contributed by atoms with Crippen molar-refractivity contribution in [1.29, 1.82) is 0 Å². The van der Waals surface area contributed by atoms with Crippen LogP contribution < -0.4 is 5.32 Å². The minimum Gasteiger partial charge on any atom is -0.300 e. The van der Waals surface area contributed by atoms with E-state index in [9.17, 15) is 4.79 Å². The molecule has 0 bridgehead atoms. The summed E-state index contributed by atoms with van der Waals surface area (Å²) in [7, 11) is 0. The van der Waals surface area contributed by atoms with Gasteiger partial charge in [0.15, 0.2) is 11.0 Å². The van der Waals surface area contributed by atoms with Crippen LogP contribution in [0, 0.1) is 6.92 Å². The minimum absolute atomic E-state index is 0.155. The number of rotatable bonds is 7. The predicted octanol–water partition coefficient (Wildman–Crippen LogP) is 4.33. The zero-order valence-corrected chi connectivity index (χ0v) is 17.3. The molecule has 0 fully saturated rings. The maximum atomic E-state index is 12.1. The van der Waals surface area contributed by atoms with E-state index in [4.69, 9.17) is 23.2 Å². The van der Waals surface area contributed by atoms with Gasteiger partial charge in [0.2, 0.25) is 11.0 Å². The molecular formula is C16H14Cl2N6OS2. The van der Waals surface area contributed by atoms with Crippen LogP contribution in [0.25, 0.3) is 11.4 Å². The van der Waals surface area contributed by atoms with Crippen molar-refractivity contribution in [1.82, 2.24) is 25.0 Å². The molecule has 1 N–H and O–H groups in total. The van der Waals surface area contributed by atoms with E-state index in [-0.39, 0.29) is 11.7 Å². The molecule has 11 heteroatoms. The molecule has 7 nitrogen and oxygen atoms in total. The highest BCUT2D eigenvalue weighted by atomic mass is 35.5. The van der Waals surface area contributed by atoms with Crippen LogP contribution in [0.15, 0.2) is 36.0 Å². The molecule has 0 aliphatic rings. The average Bonchev–Trinajstić information content (AvgIpc) is 3.20. The molecule has 0 unspecified atom stereocenters. The third kappa shape index (κ3) is 4.86. The molecule has 0 radical (unpaired) electrons. The number of thioether (sulfide) groups is 1. The molecule has 0 aliphatic heterocycles. The summed E-state index contributed by atoms with van der Waals surface area (Å²) < 4.78 is 1.84. The molecule has 0 saturated heterocycles. The number of nitrogens with one attached hydrogen (secondary N) is 1. The van der Waals surface area contributed by atoms with E-state index in [0.717, 1.165) is 5.01 Å². The fourth-order valence-corrected chi connectivity index (χ4v) is 4.04. The maximum Gasteiger partial charge on any atom is 0.236 e. The Balaban J connectivity index is 1.76. The molecule has 3 rings (SSSR count). The van der Waals surface area contributed by atoms with Crippen molar-refractivity contribution >= 4 is 57.3 Å². The number of nitrogens with zero attached hydrogens (tertiary/aromatic N) is 5. The van der Waals surface area contributed by atoms with Gasteiger partial charge in [-0.25, -0.2) is 0 Å². The smallest absolute Gasteiger partial charge is 0.236 e. The van der Waals surface area contributed by atoms with Gasteiger partial charge in [0.1, 0.15) is 5.01 Å². The summed E-state index contributed by atoms with van der Waals surface area (Å²) in [6, 6.07) is 5.17. The Bertz CT molecular complexity index is 987. The Morgan fingerprint density at radius 3 is 2.81 bits per heavy atom. The molecule has 0 spiro atoms. The van der Waals surface area contributed by atoms with Gasteiger partial charge in [0.05, 0.1) is 10.8 Å². The first kappa shape index (κ1) is 19.8. The molecule has 27 heavy (non-hydrogen) atoms. The van der Waals surface area contributed by atoms with Crippen molar-refractivity contribution < 1.29 is 4.79 Å². The largest absolute Gasteiger partial charge is 0.300 e. The zero-order chi connectivity index (χ0) is 19.4. The lowest BCUT2D eigenvalue weighted by atomic mass is 10.2. The van der Waals surface area contributed by atoms with Crippen LogP contribution in [0.3, 0.4) is 0 Å². The standard InChI is InChI=1S/C16H14Cl2N6OS2/c1-3-6-24-14(11-5-4-10(17)7-12(11)18)21-23-16(24)26-8-13(25)19-15-22-20-9(2)27-15/h3-5,7H,1,6,8H2,2H3,(H,19,22,25). The van der Waals surface area contributed by atoms with Crippen LogP contribution >= 0.6 is 46.3 Å². The lowest BCUT2D eigenvalue weighted by molar-refractivity contribution is -0.113. The molecule has 3 aromatic rings. The highest BCUT2D eigenvalue weighted by Crippen LogP contribution is 2.31. The molecule has 0 saturated carbocycles. The van der Waals surface area contributed by atoms with Crippen molar-refractivity contribution in [3.05, 3.63) is 45.9 Å². The quantitative estimate of drug-likeness (QED) is 0.434. The summed E-state index contributed by atoms with van der Waals surface area (Å²) in [6.07, 6.45) is 1.73. The first-order chi connectivity index (χ1) is 13.0. The number of hydrogen-bond donors (Lipinski definition) is 1. The zero-order valence-electron chi connectivity index (χ0n) is 14.1. The number of aryl methyl sites for hydroxylation is 1. The van der Waals surface area contributed by atoms with Gasteiger partial charge in [-0.3, -0.25) is 14.7 Å². The van der Waals surface area contributed by atoms with E-state index in [0.29, 0.717) is 38.3 Å². The second-order valence-electron chi connectivity index (χ2n) is 5.29. The third-order valence-corrected chi connectivity index (χ3v) is 5.57. The SMILES string of the molecule is C=CCn1c(SCC(=O)Nc2nnc(C)s2)nnc1-c1ccc(Cl)cc1Cl. The summed E-state index contributed by atoms with van der Waals surface area (Å²) >= 11 is 14.8. The number of carbonyl (C=O) groups excluding carboxylic acids is 1. The van der Waals surface area contributed by atoms with Crippen LogP contribution in [-0.4, -0.2) is 36.6 Å². The number of hydrogen-bond acceptors (Lipinski definition) is 7. The minimum atomic E-state index is -0.199. The van der Waals surface area contributed by atoms with Crippen LogP contribution in [0.2, 0.25) is 10.0 Å². The first-order valence-electron chi connectivity index (χ1n) is 7.70. The van der Waals surface area contributed by atoms with Gasteiger partial charge in [-0.05, 0) is 25.1 Å². The van der Waals surface area contributed by atoms with Crippen molar-refractivity contribution in [3.63, 3.8) is 0 Å². The molecular weight excluding hydrogens is 427 g/mol. The van der Waals surface area contributed by atoms with Gasteiger partial charge in [0, 0.05) is 17.1 Å². The second kappa shape index (κ2) is 8.83. The van der Waals surface area contributed by atoms with E-state index in [1.165, 1.54) is 23.1 Å². The number of benzene rings is 1. The van der Waals surface area contributed by atoms with Gasteiger partial charge in [-0.15, -0.1) is 27.0 Å². The van der Waals surface area contributed by atoms with Crippen molar-refractivity contribution in [2.45, 2.75) is 18.6 Å². The predicted molar refractivity (Wildman–Crippen MR) is 110 cm³/mol. The normalized spacial score (nSPS) is 10.8. The molecule has 2 aromatic heterocycles. The first-order valence-corrected chi connectivity index (χ1v) is 10.3. The van der Waals surface area contributed by atoms with E-state index < -0.39 is 0 Å². The summed E-state index contributed by atoms with van der Waals surface area (Å²) in [5, 5.41) is 21.7. The Morgan fingerprint density at radius 1 is 1.33 bits per heavy atom. The van der Waals surface area contributed by atoms with E-state index >= 15 is 0 Å². The molecule has 1 aromatic carbocycles. The fraction of sp³-hybridized carbons (Fsp3) is 0.188. The Hall–Kier alpha value is -1.94. The molecule has 0 aliphatic carbocycles. The molecule has 0 atom stereocenters. The van der Waals surface area contributed by atoms with Gasteiger partial charge >= 0.3 is 0 Å². The highest BCUT2D eigenvalue weighted by molar-refractivity contribution is 7.99. The lowest BCUT2D eigenvalue weighted by Gasteiger charge is -2.09. The van der Waals surface area contributed by atoms with Crippen LogP contribution in [0.5, 0.6) is 0 Å². The van der Waals surface area contributed by atoms with Crippen LogP contribution in [-0.2, 0) is 11.3 Å². The van der Waals surface area contributed by atoms with Crippen molar-refractivity contribution in [3.8, 4) is 11.4 Å². The lowest BCUT2D eigenvalue weighted by Crippen LogP contribution is -2.14. The number of amides is 1. The average molecular weight is 441 g/mol. The number of carbonyl (C=O) groups is 1.